The third kappa shape index (κ3) is 10.00. The standard InChI is InChI=1S/C21H35O/c1-2-3-4-5-6-7-8-9-10-11-12-16-19-21(22)20-17-14-13-15-18-20/h13-15,17-18,21H,2-12,16,19H2,1H3. The lowest BCUT2D eigenvalue weighted by atomic mass is 10.0. The van der Waals surface area contributed by atoms with Gasteiger partial charge < -0.3 is 0 Å². The van der Waals surface area contributed by atoms with Crippen molar-refractivity contribution < 1.29 is 5.11 Å². The van der Waals surface area contributed by atoms with Gasteiger partial charge in [-0.15, -0.1) is 0 Å². The van der Waals surface area contributed by atoms with Crippen LogP contribution in [0.5, 0.6) is 0 Å². The van der Waals surface area contributed by atoms with E-state index in [2.05, 4.69) is 6.92 Å². The van der Waals surface area contributed by atoms with Crippen molar-refractivity contribution in [2.75, 3.05) is 0 Å². The molecule has 0 amide bonds. The van der Waals surface area contributed by atoms with E-state index >= 15 is 0 Å². The summed E-state index contributed by atoms with van der Waals surface area (Å²) in [6.07, 6.45) is 16.5. The van der Waals surface area contributed by atoms with E-state index in [0.29, 0.717) is 0 Å². The number of hydrogen-bond donors (Lipinski definition) is 0. The van der Waals surface area contributed by atoms with Crippen LogP contribution in [-0.4, -0.2) is 0 Å². The van der Waals surface area contributed by atoms with Crippen molar-refractivity contribution in [2.24, 2.45) is 0 Å². The van der Waals surface area contributed by atoms with Gasteiger partial charge in [-0.05, 0) is 12.0 Å². The van der Waals surface area contributed by atoms with E-state index in [0.717, 1.165) is 18.4 Å². The summed E-state index contributed by atoms with van der Waals surface area (Å²) in [6.45, 7) is 2.27. The maximum Gasteiger partial charge on any atom is 0.118 e. The molecule has 1 heteroatoms. The van der Waals surface area contributed by atoms with Gasteiger partial charge in [0.25, 0.3) is 0 Å². The van der Waals surface area contributed by atoms with Crippen molar-refractivity contribution in [2.45, 2.75) is 96.5 Å². The second kappa shape index (κ2) is 13.8. The SMILES string of the molecule is CCCCCCCCCCCCCCC([O])c1ccccc1. The van der Waals surface area contributed by atoms with Gasteiger partial charge in [-0.1, -0.05) is 114 Å². The highest BCUT2D eigenvalue weighted by Crippen LogP contribution is 2.20. The zero-order chi connectivity index (χ0) is 15.9. The molecule has 0 bridgehead atoms. The minimum atomic E-state index is -0.524. The van der Waals surface area contributed by atoms with Crippen molar-refractivity contribution in [3.63, 3.8) is 0 Å². The molecule has 1 radical (unpaired) electrons. The molecule has 1 unspecified atom stereocenters. The number of rotatable bonds is 14. The Balaban J connectivity index is 1.84. The van der Waals surface area contributed by atoms with Gasteiger partial charge in [-0.2, -0.15) is 0 Å². The molecule has 1 aromatic carbocycles. The Kier molecular flexibility index (Phi) is 12.1. The Labute approximate surface area is 138 Å². The summed E-state index contributed by atoms with van der Waals surface area (Å²) >= 11 is 0. The van der Waals surface area contributed by atoms with E-state index in [1.807, 2.05) is 30.3 Å². The van der Waals surface area contributed by atoms with Crippen LogP contribution in [0.3, 0.4) is 0 Å². The third-order valence-corrected chi connectivity index (χ3v) is 4.49. The van der Waals surface area contributed by atoms with E-state index in [4.69, 9.17) is 0 Å². The Hall–Kier alpha value is -0.820. The Morgan fingerprint density at radius 3 is 1.64 bits per heavy atom. The molecule has 0 N–H and O–H groups in total. The molecule has 22 heavy (non-hydrogen) atoms. The Bertz CT molecular complexity index is 333. The topological polar surface area (TPSA) is 19.9 Å². The van der Waals surface area contributed by atoms with Gasteiger partial charge in [0.05, 0.1) is 0 Å². The minimum absolute atomic E-state index is 0.524. The molecular weight excluding hydrogens is 268 g/mol. The van der Waals surface area contributed by atoms with Crippen molar-refractivity contribution in [1.29, 1.82) is 0 Å². The van der Waals surface area contributed by atoms with Gasteiger partial charge in [-0.3, -0.25) is 0 Å². The van der Waals surface area contributed by atoms with E-state index in [1.54, 1.807) is 0 Å². The first kappa shape index (κ1) is 19.2. The van der Waals surface area contributed by atoms with Gasteiger partial charge in [0, 0.05) is 0 Å². The van der Waals surface area contributed by atoms with Crippen LogP contribution in [0.2, 0.25) is 0 Å². The molecule has 1 atom stereocenters. The summed E-state index contributed by atoms with van der Waals surface area (Å²) in [6, 6.07) is 9.81. The lowest BCUT2D eigenvalue weighted by Gasteiger charge is -2.08. The predicted molar refractivity (Wildman–Crippen MR) is 95.6 cm³/mol. The summed E-state index contributed by atoms with van der Waals surface area (Å²) in [5.41, 5.74) is 0.950. The highest BCUT2D eigenvalue weighted by Gasteiger charge is 2.07. The fourth-order valence-corrected chi connectivity index (χ4v) is 3.01. The number of hydrogen-bond acceptors (Lipinski definition) is 0. The summed E-state index contributed by atoms with van der Waals surface area (Å²) in [7, 11) is 0. The molecular formula is C21H35O. The van der Waals surface area contributed by atoms with Gasteiger partial charge in [0.1, 0.15) is 6.10 Å². The van der Waals surface area contributed by atoms with Crippen LogP contribution in [-0.2, 0) is 5.11 Å². The van der Waals surface area contributed by atoms with Crippen LogP contribution in [0.15, 0.2) is 30.3 Å². The fraction of sp³-hybridized carbons (Fsp3) is 0.714. The van der Waals surface area contributed by atoms with Crippen LogP contribution in [0.25, 0.3) is 0 Å². The first-order valence-electron chi connectivity index (χ1n) is 9.55. The van der Waals surface area contributed by atoms with Gasteiger partial charge in [0.15, 0.2) is 0 Å². The molecule has 1 aromatic rings. The predicted octanol–water partition coefficient (Wildman–Crippen LogP) is 7.25. The molecule has 0 aromatic heterocycles. The maximum absolute atomic E-state index is 12.0. The van der Waals surface area contributed by atoms with Gasteiger partial charge in [-0.25, -0.2) is 5.11 Å². The number of unbranched alkanes of at least 4 members (excludes halogenated alkanes) is 11. The summed E-state index contributed by atoms with van der Waals surface area (Å²) < 4.78 is 0. The highest BCUT2D eigenvalue weighted by atomic mass is 16.3. The number of benzene rings is 1. The van der Waals surface area contributed by atoms with E-state index in [9.17, 15) is 5.11 Å². The van der Waals surface area contributed by atoms with Gasteiger partial charge >= 0.3 is 0 Å². The molecule has 0 spiro atoms. The summed E-state index contributed by atoms with van der Waals surface area (Å²) in [5, 5.41) is 12.0. The Morgan fingerprint density at radius 1 is 0.682 bits per heavy atom. The van der Waals surface area contributed by atoms with Crippen molar-refractivity contribution in [3.8, 4) is 0 Å². The zero-order valence-electron chi connectivity index (χ0n) is 14.6. The molecule has 0 fully saturated rings. The molecule has 1 nitrogen and oxygen atoms in total. The van der Waals surface area contributed by atoms with Crippen LogP contribution in [0.1, 0.15) is 102 Å². The third-order valence-electron chi connectivity index (χ3n) is 4.49. The summed E-state index contributed by atoms with van der Waals surface area (Å²) in [4.78, 5) is 0. The maximum atomic E-state index is 12.0. The van der Waals surface area contributed by atoms with E-state index in [-0.39, 0.29) is 0 Å². The zero-order valence-corrected chi connectivity index (χ0v) is 14.6. The van der Waals surface area contributed by atoms with Gasteiger partial charge in [0.2, 0.25) is 0 Å². The van der Waals surface area contributed by atoms with Crippen LogP contribution in [0.4, 0.5) is 0 Å². The lowest BCUT2D eigenvalue weighted by molar-refractivity contribution is 0.0786. The largest absolute Gasteiger partial charge is 0.228 e. The first-order chi connectivity index (χ1) is 10.8. The van der Waals surface area contributed by atoms with Crippen LogP contribution >= 0.6 is 0 Å². The highest BCUT2D eigenvalue weighted by molar-refractivity contribution is 5.16. The average molecular weight is 304 g/mol. The van der Waals surface area contributed by atoms with Crippen LogP contribution < -0.4 is 0 Å². The van der Waals surface area contributed by atoms with Crippen LogP contribution in [0, 0.1) is 0 Å². The molecule has 0 aliphatic heterocycles. The van der Waals surface area contributed by atoms with Crippen molar-refractivity contribution in [3.05, 3.63) is 35.9 Å². The monoisotopic (exact) mass is 303 g/mol. The second-order valence-corrected chi connectivity index (χ2v) is 6.58. The molecule has 0 saturated carbocycles. The van der Waals surface area contributed by atoms with E-state index < -0.39 is 6.10 Å². The molecule has 0 aliphatic carbocycles. The smallest absolute Gasteiger partial charge is 0.118 e. The molecule has 125 valence electrons. The first-order valence-corrected chi connectivity index (χ1v) is 9.55. The average Bonchev–Trinajstić information content (AvgIpc) is 2.56. The minimum Gasteiger partial charge on any atom is -0.228 e. The summed E-state index contributed by atoms with van der Waals surface area (Å²) in [5.74, 6) is 0. The molecule has 0 saturated heterocycles. The van der Waals surface area contributed by atoms with Crippen molar-refractivity contribution >= 4 is 0 Å². The molecule has 0 heterocycles. The van der Waals surface area contributed by atoms with Crippen molar-refractivity contribution in [1.82, 2.24) is 0 Å². The lowest BCUT2D eigenvalue weighted by Crippen LogP contribution is -1.95. The Morgan fingerprint density at radius 2 is 1.14 bits per heavy atom. The fourth-order valence-electron chi connectivity index (χ4n) is 3.01. The normalized spacial score (nSPS) is 12.5. The quantitative estimate of drug-likeness (QED) is 0.322. The molecule has 1 rings (SSSR count). The van der Waals surface area contributed by atoms with E-state index in [1.165, 1.54) is 70.6 Å². The second-order valence-electron chi connectivity index (χ2n) is 6.58. The molecule has 0 aliphatic rings.